The largest absolute Gasteiger partial charge is 0.325 e. The fourth-order valence-corrected chi connectivity index (χ4v) is 6.10. The maximum atomic E-state index is 13.4. The fraction of sp³-hybridized carbons (Fsp3) is 0.227. The van der Waals surface area contributed by atoms with Crippen molar-refractivity contribution in [3.63, 3.8) is 0 Å². The molecule has 2 aromatic carbocycles. The molecule has 0 aliphatic carbocycles. The van der Waals surface area contributed by atoms with Gasteiger partial charge in [-0.05, 0) is 53.6 Å². The van der Waals surface area contributed by atoms with Crippen LogP contribution >= 0.6 is 22.9 Å². The Kier molecular flexibility index (Phi) is 6.64. The van der Waals surface area contributed by atoms with Gasteiger partial charge in [0.05, 0.1) is 11.1 Å². The average molecular weight is 494 g/mol. The number of likely N-dealkylation sites (N-methyl/N-ethyl adjacent to an activating group) is 1. The highest BCUT2D eigenvalue weighted by molar-refractivity contribution is 7.87. The van der Waals surface area contributed by atoms with Gasteiger partial charge in [-0.2, -0.15) is 17.4 Å². The second-order valence-corrected chi connectivity index (χ2v) is 10.7. The number of halogens is 2. The SMILES string of the molecule is CN1[C@H](C(=O)Nc2ccc(F)c(Cl)c2)C[C@H](c2cc(Cc3ccccc3)cs2)NS1(=O)=O. The van der Waals surface area contributed by atoms with Crippen LogP contribution in [0.3, 0.4) is 0 Å². The molecule has 1 saturated heterocycles. The molecule has 32 heavy (non-hydrogen) atoms. The highest BCUT2D eigenvalue weighted by Gasteiger charge is 2.41. The van der Waals surface area contributed by atoms with Crippen LogP contribution in [0.1, 0.15) is 28.5 Å². The third-order valence-electron chi connectivity index (χ3n) is 5.33. The molecule has 3 aromatic rings. The first kappa shape index (κ1) is 22.9. The van der Waals surface area contributed by atoms with Crippen LogP contribution in [-0.2, 0) is 21.4 Å². The molecule has 1 aromatic heterocycles. The third-order valence-corrected chi connectivity index (χ3v) is 8.31. The van der Waals surface area contributed by atoms with Gasteiger partial charge in [-0.1, -0.05) is 41.9 Å². The van der Waals surface area contributed by atoms with Crippen LogP contribution in [0.25, 0.3) is 0 Å². The maximum absolute atomic E-state index is 13.4. The van der Waals surface area contributed by atoms with Gasteiger partial charge in [-0.3, -0.25) is 4.79 Å². The third kappa shape index (κ3) is 5.02. The summed E-state index contributed by atoms with van der Waals surface area (Å²) in [6.45, 7) is 0. The lowest BCUT2D eigenvalue weighted by atomic mass is 10.0. The first-order valence-corrected chi connectivity index (χ1v) is 12.5. The number of carbonyl (C=O) groups excluding carboxylic acids is 1. The minimum Gasteiger partial charge on any atom is -0.325 e. The average Bonchev–Trinajstić information content (AvgIpc) is 3.21. The first-order chi connectivity index (χ1) is 15.2. The van der Waals surface area contributed by atoms with Crippen molar-refractivity contribution >= 4 is 44.7 Å². The molecule has 0 radical (unpaired) electrons. The van der Waals surface area contributed by atoms with E-state index in [1.807, 2.05) is 41.8 Å². The molecule has 0 unspecified atom stereocenters. The van der Waals surface area contributed by atoms with Crippen molar-refractivity contribution in [2.75, 3.05) is 12.4 Å². The van der Waals surface area contributed by atoms with E-state index in [0.717, 1.165) is 32.8 Å². The van der Waals surface area contributed by atoms with Gasteiger partial charge in [-0.25, -0.2) is 4.39 Å². The van der Waals surface area contributed by atoms with E-state index in [2.05, 4.69) is 10.0 Å². The summed E-state index contributed by atoms with van der Waals surface area (Å²) >= 11 is 7.24. The second kappa shape index (κ2) is 9.29. The molecule has 0 spiro atoms. The zero-order valence-electron chi connectivity index (χ0n) is 17.1. The Labute approximate surface area is 195 Å². The number of benzene rings is 2. The Morgan fingerprint density at radius 3 is 2.69 bits per heavy atom. The molecule has 0 bridgehead atoms. The summed E-state index contributed by atoms with van der Waals surface area (Å²) in [6, 6.07) is 14.3. The fourth-order valence-electron chi connectivity index (χ4n) is 3.60. The van der Waals surface area contributed by atoms with E-state index in [-0.39, 0.29) is 11.4 Å². The molecule has 10 heteroatoms. The summed E-state index contributed by atoms with van der Waals surface area (Å²) in [5, 5.41) is 4.51. The van der Waals surface area contributed by atoms with Gasteiger partial charge in [0, 0.05) is 17.6 Å². The zero-order valence-corrected chi connectivity index (χ0v) is 19.5. The van der Waals surface area contributed by atoms with Crippen molar-refractivity contribution in [1.29, 1.82) is 0 Å². The number of carbonyl (C=O) groups is 1. The first-order valence-electron chi connectivity index (χ1n) is 9.85. The van der Waals surface area contributed by atoms with Crippen molar-refractivity contribution in [3.8, 4) is 0 Å². The lowest BCUT2D eigenvalue weighted by Crippen LogP contribution is -2.55. The van der Waals surface area contributed by atoms with Crippen LogP contribution in [0.4, 0.5) is 10.1 Å². The summed E-state index contributed by atoms with van der Waals surface area (Å²) in [4.78, 5) is 13.7. The van der Waals surface area contributed by atoms with Crippen molar-refractivity contribution in [1.82, 2.24) is 9.03 Å². The van der Waals surface area contributed by atoms with E-state index in [9.17, 15) is 17.6 Å². The van der Waals surface area contributed by atoms with Gasteiger partial charge in [0.2, 0.25) is 5.91 Å². The molecule has 1 fully saturated rings. The number of nitrogens with zero attached hydrogens (tertiary/aromatic N) is 1. The standard InChI is InChI=1S/C22H21ClFN3O3S2/c1-27-20(22(28)25-16-7-8-18(24)17(23)11-16)12-19(26-32(27,29)30)21-10-15(13-31-21)9-14-5-3-2-4-6-14/h2-8,10-11,13,19-20,26H,9,12H2,1H3,(H,25,28)/t19-,20+/m1/s1. The predicted octanol–water partition coefficient (Wildman–Crippen LogP) is 4.35. The maximum Gasteiger partial charge on any atom is 0.280 e. The minimum absolute atomic E-state index is 0.128. The van der Waals surface area contributed by atoms with E-state index in [1.165, 1.54) is 30.5 Å². The molecule has 4 rings (SSSR count). The van der Waals surface area contributed by atoms with Gasteiger partial charge in [-0.15, -0.1) is 11.3 Å². The van der Waals surface area contributed by atoms with Gasteiger partial charge in [0.1, 0.15) is 11.9 Å². The molecule has 168 valence electrons. The highest BCUT2D eigenvalue weighted by atomic mass is 35.5. The molecule has 2 heterocycles. The summed E-state index contributed by atoms with van der Waals surface area (Å²) in [5.74, 6) is -1.11. The van der Waals surface area contributed by atoms with E-state index in [4.69, 9.17) is 11.6 Å². The van der Waals surface area contributed by atoms with Crippen molar-refractivity contribution in [3.05, 3.63) is 86.8 Å². The molecular weight excluding hydrogens is 473 g/mol. The van der Waals surface area contributed by atoms with Gasteiger partial charge in [0.25, 0.3) is 10.2 Å². The van der Waals surface area contributed by atoms with Gasteiger partial charge < -0.3 is 5.32 Å². The quantitative estimate of drug-likeness (QED) is 0.554. The molecule has 1 aliphatic heterocycles. The normalized spacial score (nSPS) is 20.7. The Hall–Kier alpha value is -2.30. The number of rotatable bonds is 5. The number of anilines is 1. The van der Waals surface area contributed by atoms with Crippen LogP contribution in [0.2, 0.25) is 5.02 Å². The van der Waals surface area contributed by atoms with E-state index in [0.29, 0.717) is 5.69 Å². The van der Waals surface area contributed by atoms with Crippen LogP contribution in [0.5, 0.6) is 0 Å². The second-order valence-electron chi connectivity index (χ2n) is 7.58. The molecule has 2 atom stereocenters. The van der Waals surface area contributed by atoms with Crippen molar-refractivity contribution < 1.29 is 17.6 Å². The Balaban J connectivity index is 1.52. The highest BCUT2D eigenvalue weighted by Crippen LogP contribution is 2.33. The van der Waals surface area contributed by atoms with Crippen LogP contribution < -0.4 is 10.0 Å². The van der Waals surface area contributed by atoms with E-state index in [1.54, 1.807) is 0 Å². The Bertz CT molecular complexity index is 1230. The Morgan fingerprint density at radius 2 is 1.97 bits per heavy atom. The summed E-state index contributed by atoms with van der Waals surface area (Å²) in [6.07, 6.45) is 0.994. The number of hydrogen-bond donors (Lipinski definition) is 2. The number of thiophene rings is 1. The summed E-state index contributed by atoms with van der Waals surface area (Å²) < 4.78 is 42.5. The molecule has 0 saturated carbocycles. The predicted molar refractivity (Wildman–Crippen MR) is 125 cm³/mol. The van der Waals surface area contributed by atoms with Crippen LogP contribution in [0, 0.1) is 5.82 Å². The van der Waals surface area contributed by atoms with Gasteiger partial charge in [0.15, 0.2) is 0 Å². The zero-order chi connectivity index (χ0) is 22.9. The molecule has 1 aliphatic rings. The lowest BCUT2D eigenvalue weighted by molar-refractivity contribution is -0.120. The lowest BCUT2D eigenvalue weighted by Gasteiger charge is -2.35. The van der Waals surface area contributed by atoms with Gasteiger partial charge >= 0.3 is 0 Å². The topological polar surface area (TPSA) is 78.5 Å². The van der Waals surface area contributed by atoms with E-state index >= 15 is 0 Å². The van der Waals surface area contributed by atoms with Crippen molar-refractivity contribution in [2.24, 2.45) is 0 Å². The minimum atomic E-state index is -3.87. The smallest absolute Gasteiger partial charge is 0.280 e. The number of nitrogens with one attached hydrogen (secondary N) is 2. The molecule has 1 amide bonds. The Morgan fingerprint density at radius 1 is 1.22 bits per heavy atom. The number of hydrogen-bond acceptors (Lipinski definition) is 4. The van der Waals surface area contributed by atoms with Crippen LogP contribution in [0.15, 0.2) is 60.0 Å². The summed E-state index contributed by atoms with van der Waals surface area (Å²) in [5.41, 5.74) is 2.54. The van der Waals surface area contributed by atoms with Crippen molar-refractivity contribution in [2.45, 2.75) is 24.9 Å². The number of amides is 1. The van der Waals surface area contributed by atoms with E-state index < -0.39 is 34.0 Å². The molecule has 2 N–H and O–H groups in total. The molecule has 6 nitrogen and oxygen atoms in total. The summed E-state index contributed by atoms with van der Waals surface area (Å²) in [7, 11) is -2.51. The van der Waals surface area contributed by atoms with Crippen LogP contribution in [-0.4, -0.2) is 31.7 Å². The monoisotopic (exact) mass is 493 g/mol. The molecular formula is C22H21ClFN3O3S2.